The van der Waals surface area contributed by atoms with Crippen molar-refractivity contribution in [2.24, 2.45) is 0 Å². The van der Waals surface area contributed by atoms with Crippen LogP contribution in [0.5, 0.6) is 5.75 Å². The summed E-state index contributed by atoms with van der Waals surface area (Å²) in [5.41, 5.74) is 3.38. The molecule has 4 aromatic rings. The lowest BCUT2D eigenvalue weighted by Crippen LogP contribution is -2.42. The Labute approximate surface area is 214 Å². The van der Waals surface area contributed by atoms with Crippen LogP contribution in [-0.4, -0.2) is 57.2 Å². The molecule has 0 unspecified atom stereocenters. The van der Waals surface area contributed by atoms with E-state index >= 15 is 0 Å². The number of ether oxygens (including phenoxy) is 1. The number of benzene rings is 1. The van der Waals surface area contributed by atoms with E-state index in [1.54, 1.807) is 7.11 Å². The highest BCUT2D eigenvalue weighted by molar-refractivity contribution is 7.12. The predicted octanol–water partition coefficient (Wildman–Crippen LogP) is 4.42. The van der Waals surface area contributed by atoms with Gasteiger partial charge in [0.15, 0.2) is 5.65 Å². The molecule has 0 atom stereocenters. The van der Waals surface area contributed by atoms with Crippen molar-refractivity contribution in [3.63, 3.8) is 0 Å². The van der Waals surface area contributed by atoms with E-state index in [4.69, 9.17) is 4.74 Å². The fourth-order valence-electron chi connectivity index (χ4n) is 4.30. The Morgan fingerprint density at radius 3 is 2.76 bits per heavy atom. The molecule has 1 aliphatic rings. The lowest BCUT2D eigenvalue weighted by molar-refractivity contribution is 0.199. The number of pyridine rings is 2. The topological polar surface area (TPSA) is 76.1 Å². The van der Waals surface area contributed by atoms with Crippen LogP contribution in [0, 0.1) is 5.82 Å². The zero-order valence-corrected chi connectivity index (χ0v) is 21.2. The summed E-state index contributed by atoms with van der Waals surface area (Å²) in [6.07, 6.45) is 6.00. The molecule has 0 amide bonds. The first kappa shape index (κ1) is 26.4. The lowest BCUT2D eigenvalue weighted by atomic mass is 10.0. The normalized spacial score (nSPS) is 14.6. The number of methoxy groups -OCH3 is 1. The summed E-state index contributed by atoms with van der Waals surface area (Å²) >= 11 is 1.37. The second kappa shape index (κ2) is 12.0. The number of rotatable bonds is 7. The van der Waals surface area contributed by atoms with Crippen molar-refractivity contribution in [1.82, 2.24) is 29.8 Å². The Morgan fingerprint density at radius 2 is 1.97 bits per heavy atom. The van der Waals surface area contributed by atoms with Crippen LogP contribution in [0.2, 0.25) is 0 Å². The first-order valence-corrected chi connectivity index (χ1v) is 11.6. The van der Waals surface area contributed by atoms with Gasteiger partial charge in [-0.05, 0) is 73.7 Å². The second-order valence-corrected chi connectivity index (χ2v) is 8.94. The van der Waals surface area contributed by atoms with Crippen molar-refractivity contribution >= 4 is 57.6 Å². The minimum atomic E-state index is -0.246. The third-order valence-corrected chi connectivity index (χ3v) is 6.82. The van der Waals surface area contributed by atoms with E-state index < -0.39 is 0 Å². The van der Waals surface area contributed by atoms with Crippen molar-refractivity contribution < 1.29 is 9.13 Å². The molecule has 0 bridgehead atoms. The van der Waals surface area contributed by atoms with Gasteiger partial charge in [-0.3, -0.25) is 4.98 Å². The average molecular weight is 525 g/mol. The van der Waals surface area contributed by atoms with E-state index in [2.05, 4.69) is 35.8 Å². The van der Waals surface area contributed by atoms with Crippen LogP contribution in [0.1, 0.15) is 24.0 Å². The molecule has 1 fully saturated rings. The van der Waals surface area contributed by atoms with Gasteiger partial charge >= 0.3 is 0 Å². The number of hydrogen-bond donors (Lipinski definition) is 1. The minimum absolute atomic E-state index is 0. The highest BCUT2D eigenvalue weighted by atomic mass is 35.5. The zero-order chi connectivity index (χ0) is 21.9. The number of aromatic nitrogens is 4. The molecule has 0 spiro atoms. The van der Waals surface area contributed by atoms with Crippen LogP contribution < -0.4 is 10.1 Å². The summed E-state index contributed by atoms with van der Waals surface area (Å²) in [5.74, 6) is 0.475. The minimum Gasteiger partial charge on any atom is -0.497 e. The SMILES string of the molecule is COc1ccc2ncc(F)c(CCN3CCC(NCc4cnc5nnsc5c4)CC3)c2c1.Cl.Cl. The first-order chi connectivity index (χ1) is 15.7. The molecule has 1 N–H and O–H groups in total. The molecule has 7 nitrogen and oxygen atoms in total. The Morgan fingerprint density at radius 1 is 1.15 bits per heavy atom. The summed E-state index contributed by atoms with van der Waals surface area (Å²) in [6.45, 7) is 3.63. The molecular weight excluding hydrogens is 498 g/mol. The highest BCUT2D eigenvalue weighted by Gasteiger charge is 2.20. The largest absolute Gasteiger partial charge is 0.497 e. The van der Waals surface area contributed by atoms with Gasteiger partial charge < -0.3 is 15.0 Å². The quantitative estimate of drug-likeness (QED) is 0.383. The van der Waals surface area contributed by atoms with Gasteiger partial charge in [0.2, 0.25) is 0 Å². The molecule has 1 aromatic carbocycles. The van der Waals surface area contributed by atoms with E-state index in [1.165, 1.54) is 17.7 Å². The lowest BCUT2D eigenvalue weighted by Gasteiger charge is -2.32. The summed E-state index contributed by atoms with van der Waals surface area (Å²) in [7, 11) is 1.62. The molecule has 5 rings (SSSR count). The summed E-state index contributed by atoms with van der Waals surface area (Å²) in [4.78, 5) is 11.0. The third-order valence-electron chi connectivity index (χ3n) is 6.16. The highest BCUT2D eigenvalue weighted by Crippen LogP contribution is 2.25. The molecule has 0 saturated carbocycles. The summed E-state index contributed by atoms with van der Waals surface area (Å²) in [5, 5.41) is 8.47. The maximum absolute atomic E-state index is 14.6. The van der Waals surface area contributed by atoms with Crippen LogP contribution in [-0.2, 0) is 13.0 Å². The van der Waals surface area contributed by atoms with E-state index in [1.807, 2.05) is 24.4 Å². The van der Waals surface area contributed by atoms with Crippen molar-refractivity contribution in [1.29, 1.82) is 0 Å². The Hall–Kier alpha value is -2.17. The van der Waals surface area contributed by atoms with E-state index in [0.29, 0.717) is 18.1 Å². The molecule has 3 aromatic heterocycles. The fourth-order valence-corrected chi connectivity index (χ4v) is 4.88. The van der Waals surface area contributed by atoms with Crippen LogP contribution >= 0.6 is 36.3 Å². The summed E-state index contributed by atoms with van der Waals surface area (Å²) in [6, 6.07) is 8.21. The summed E-state index contributed by atoms with van der Waals surface area (Å²) < 4.78 is 24.8. The standard InChI is InChI=1S/C23H25FN6OS.2ClH/c1-31-17-2-3-21-19(11-17)18(20(24)14-26-21)6-9-30-7-4-16(5-8-30)25-12-15-10-22-23(27-13-15)28-29-32-22;;/h2-3,10-11,13-14,16,25H,4-9,12H2,1H3;2*1H. The van der Waals surface area contributed by atoms with E-state index in [9.17, 15) is 4.39 Å². The van der Waals surface area contributed by atoms with Gasteiger partial charge in [0, 0.05) is 36.3 Å². The van der Waals surface area contributed by atoms with Crippen molar-refractivity contribution in [3.05, 3.63) is 53.6 Å². The van der Waals surface area contributed by atoms with Crippen LogP contribution in [0.15, 0.2) is 36.7 Å². The zero-order valence-electron chi connectivity index (χ0n) is 18.7. The molecule has 1 aliphatic heterocycles. The van der Waals surface area contributed by atoms with Gasteiger partial charge in [0.25, 0.3) is 0 Å². The van der Waals surface area contributed by atoms with Crippen molar-refractivity contribution in [3.8, 4) is 5.75 Å². The van der Waals surface area contributed by atoms with Crippen LogP contribution in [0.4, 0.5) is 4.39 Å². The molecule has 11 heteroatoms. The number of nitrogens with one attached hydrogen (secondary N) is 1. The Bertz CT molecular complexity index is 1230. The fraction of sp³-hybridized carbons (Fsp3) is 0.391. The number of halogens is 3. The molecule has 0 aliphatic carbocycles. The van der Waals surface area contributed by atoms with Gasteiger partial charge in [0.05, 0.1) is 23.5 Å². The number of fused-ring (bicyclic) bond motifs is 2. The van der Waals surface area contributed by atoms with E-state index in [0.717, 1.165) is 71.5 Å². The molecule has 182 valence electrons. The number of nitrogens with zero attached hydrogens (tertiary/aromatic N) is 5. The van der Waals surface area contributed by atoms with Crippen LogP contribution in [0.25, 0.3) is 21.3 Å². The maximum atomic E-state index is 14.6. The molecule has 34 heavy (non-hydrogen) atoms. The maximum Gasteiger partial charge on any atom is 0.194 e. The molecular formula is C23H27Cl2FN6OS. The van der Waals surface area contributed by atoms with Crippen LogP contribution in [0.3, 0.4) is 0 Å². The van der Waals surface area contributed by atoms with Gasteiger partial charge in [-0.1, -0.05) is 4.49 Å². The van der Waals surface area contributed by atoms with Gasteiger partial charge in [0.1, 0.15) is 11.6 Å². The molecule has 1 saturated heterocycles. The second-order valence-electron chi connectivity index (χ2n) is 8.15. The smallest absolute Gasteiger partial charge is 0.194 e. The average Bonchev–Trinajstić information content (AvgIpc) is 3.30. The van der Waals surface area contributed by atoms with Gasteiger partial charge in [-0.15, -0.1) is 29.9 Å². The number of hydrogen-bond acceptors (Lipinski definition) is 8. The molecule has 0 radical (unpaired) electrons. The van der Waals surface area contributed by atoms with Crippen molar-refractivity contribution in [2.75, 3.05) is 26.7 Å². The number of piperidine rings is 1. The predicted molar refractivity (Wildman–Crippen MR) is 138 cm³/mol. The molecule has 4 heterocycles. The first-order valence-electron chi connectivity index (χ1n) is 10.8. The van der Waals surface area contributed by atoms with E-state index in [-0.39, 0.29) is 30.6 Å². The monoisotopic (exact) mass is 524 g/mol. The van der Waals surface area contributed by atoms with Gasteiger partial charge in [-0.2, -0.15) is 0 Å². The Kier molecular flexibility index (Phi) is 9.32. The van der Waals surface area contributed by atoms with Crippen molar-refractivity contribution in [2.45, 2.75) is 31.8 Å². The Balaban J connectivity index is 0.00000162. The third kappa shape index (κ3) is 5.90. The number of likely N-dealkylation sites (tertiary alicyclic amines) is 1. The van der Waals surface area contributed by atoms with Gasteiger partial charge in [-0.25, -0.2) is 9.37 Å².